The third kappa shape index (κ3) is 1.77. The number of ketones is 1. The van der Waals surface area contributed by atoms with E-state index in [1.807, 2.05) is 19.1 Å². The Kier molecular flexibility index (Phi) is 2.48. The molecule has 3 rings (SSSR count). The Labute approximate surface area is 106 Å². The van der Waals surface area contributed by atoms with Crippen molar-refractivity contribution in [2.24, 2.45) is 0 Å². The number of rotatable bonds is 0. The molecule has 0 radical (unpaired) electrons. The van der Waals surface area contributed by atoms with Crippen molar-refractivity contribution in [2.75, 3.05) is 4.90 Å². The molecule has 0 bridgehead atoms. The smallest absolute Gasteiger partial charge is 0.159 e. The van der Waals surface area contributed by atoms with Crippen molar-refractivity contribution in [1.29, 1.82) is 0 Å². The van der Waals surface area contributed by atoms with Gasteiger partial charge in [-0.25, -0.2) is 0 Å². The fourth-order valence-corrected chi connectivity index (χ4v) is 3.10. The molecule has 1 aromatic rings. The summed E-state index contributed by atoms with van der Waals surface area (Å²) in [6.45, 7) is 2.01. The number of anilines is 1. The summed E-state index contributed by atoms with van der Waals surface area (Å²) in [5.41, 5.74) is 3.55. The number of allylic oxidation sites excluding steroid dienone is 2. The molecule has 2 aliphatic heterocycles. The molecule has 0 unspecified atom stereocenters. The van der Waals surface area contributed by atoms with Gasteiger partial charge < -0.3 is 4.90 Å². The zero-order valence-electron chi connectivity index (χ0n) is 9.74. The summed E-state index contributed by atoms with van der Waals surface area (Å²) in [6, 6.07) is 6.36. The standard InChI is InChI=1S/C14H14ClNO/c1-9-6-13(17)8-12-4-2-10-7-11(15)3-5-14(10)16(9)12/h3,5-7,12H,2,4,8H2,1H3/t12-/m0/s1. The van der Waals surface area contributed by atoms with E-state index >= 15 is 0 Å². The summed E-state index contributed by atoms with van der Waals surface area (Å²) in [7, 11) is 0. The van der Waals surface area contributed by atoms with Crippen LogP contribution in [0.4, 0.5) is 5.69 Å². The zero-order chi connectivity index (χ0) is 12.0. The molecule has 0 spiro atoms. The van der Waals surface area contributed by atoms with E-state index < -0.39 is 0 Å². The van der Waals surface area contributed by atoms with Gasteiger partial charge in [-0.2, -0.15) is 0 Å². The molecule has 0 aromatic heterocycles. The molecule has 1 atom stereocenters. The maximum absolute atomic E-state index is 11.6. The Morgan fingerprint density at radius 1 is 1.41 bits per heavy atom. The maximum atomic E-state index is 11.6. The van der Waals surface area contributed by atoms with Gasteiger partial charge in [-0.05, 0) is 43.5 Å². The average molecular weight is 248 g/mol. The Bertz CT molecular complexity index is 521. The largest absolute Gasteiger partial charge is 0.342 e. The van der Waals surface area contributed by atoms with Crippen LogP contribution in [-0.4, -0.2) is 11.8 Å². The van der Waals surface area contributed by atoms with Crippen LogP contribution in [0.3, 0.4) is 0 Å². The van der Waals surface area contributed by atoms with E-state index in [-0.39, 0.29) is 5.78 Å². The second kappa shape index (κ2) is 3.88. The highest BCUT2D eigenvalue weighted by Crippen LogP contribution is 2.37. The fraction of sp³-hybridized carbons (Fsp3) is 0.357. The molecule has 0 aliphatic carbocycles. The number of fused-ring (bicyclic) bond motifs is 3. The van der Waals surface area contributed by atoms with Crippen LogP contribution in [-0.2, 0) is 11.2 Å². The van der Waals surface area contributed by atoms with Gasteiger partial charge in [0.25, 0.3) is 0 Å². The quantitative estimate of drug-likeness (QED) is 0.701. The highest BCUT2D eigenvalue weighted by Gasteiger charge is 2.31. The average Bonchev–Trinajstić information content (AvgIpc) is 2.28. The lowest BCUT2D eigenvalue weighted by atomic mass is 9.89. The Morgan fingerprint density at radius 2 is 2.24 bits per heavy atom. The zero-order valence-corrected chi connectivity index (χ0v) is 10.5. The molecule has 2 nitrogen and oxygen atoms in total. The van der Waals surface area contributed by atoms with E-state index in [2.05, 4.69) is 11.0 Å². The maximum Gasteiger partial charge on any atom is 0.159 e. The van der Waals surface area contributed by atoms with Crippen LogP contribution in [0.2, 0.25) is 5.02 Å². The molecular weight excluding hydrogens is 234 g/mol. The third-order valence-corrected chi connectivity index (χ3v) is 3.83. The molecule has 0 N–H and O–H groups in total. The first kappa shape index (κ1) is 10.8. The van der Waals surface area contributed by atoms with E-state index in [1.165, 1.54) is 11.3 Å². The topological polar surface area (TPSA) is 20.3 Å². The molecule has 1 aromatic carbocycles. The number of benzene rings is 1. The van der Waals surface area contributed by atoms with Gasteiger partial charge in [0.15, 0.2) is 5.78 Å². The van der Waals surface area contributed by atoms with Crippen molar-refractivity contribution < 1.29 is 4.79 Å². The first-order chi connectivity index (χ1) is 8.15. The Balaban J connectivity index is 2.10. The lowest BCUT2D eigenvalue weighted by Crippen LogP contribution is -2.42. The number of carbonyl (C=O) groups excluding carboxylic acids is 1. The van der Waals surface area contributed by atoms with Gasteiger partial charge in [0, 0.05) is 34.9 Å². The molecule has 88 valence electrons. The van der Waals surface area contributed by atoms with Crippen LogP contribution < -0.4 is 4.90 Å². The van der Waals surface area contributed by atoms with Crippen molar-refractivity contribution in [3.05, 3.63) is 40.6 Å². The van der Waals surface area contributed by atoms with Gasteiger partial charge in [-0.1, -0.05) is 11.6 Å². The summed E-state index contributed by atoms with van der Waals surface area (Å²) >= 11 is 6.02. The number of aryl methyl sites for hydroxylation is 1. The van der Waals surface area contributed by atoms with Crippen molar-refractivity contribution >= 4 is 23.1 Å². The minimum atomic E-state index is 0.251. The molecule has 17 heavy (non-hydrogen) atoms. The molecule has 2 aliphatic rings. The molecular formula is C14H14ClNO. The van der Waals surface area contributed by atoms with Crippen molar-refractivity contribution in [2.45, 2.75) is 32.2 Å². The van der Waals surface area contributed by atoms with Crippen LogP contribution >= 0.6 is 11.6 Å². The highest BCUT2D eigenvalue weighted by atomic mass is 35.5. The Hall–Kier alpha value is -1.28. The van der Waals surface area contributed by atoms with E-state index in [1.54, 1.807) is 6.08 Å². The van der Waals surface area contributed by atoms with Crippen LogP contribution in [0, 0.1) is 0 Å². The highest BCUT2D eigenvalue weighted by molar-refractivity contribution is 6.30. The molecule has 0 amide bonds. The van der Waals surface area contributed by atoms with Gasteiger partial charge in [0.1, 0.15) is 0 Å². The van der Waals surface area contributed by atoms with Gasteiger partial charge in [-0.3, -0.25) is 4.79 Å². The predicted octanol–water partition coefficient (Wildman–Crippen LogP) is 3.34. The monoisotopic (exact) mass is 247 g/mol. The molecule has 3 heteroatoms. The normalized spacial score (nSPS) is 22.9. The second-order valence-corrected chi connectivity index (χ2v) is 5.23. The number of nitrogens with zero attached hydrogens (tertiary/aromatic N) is 1. The van der Waals surface area contributed by atoms with Crippen LogP contribution in [0.5, 0.6) is 0 Å². The molecule has 0 fully saturated rings. The van der Waals surface area contributed by atoms with Gasteiger partial charge >= 0.3 is 0 Å². The molecule has 0 saturated heterocycles. The SMILES string of the molecule is CC1=CC(=O)C[C@@H]2CCc3cc(Cl)ccc3N12. The predicted molar refractivity (Wildman–Crippen MR) is 69.4 cm³/mol. The molecule has 0 saturated carbocycles. The van der Waals surface area contributed by atoms with Gasteiger partial charge in [0.05, 0.1) is 0 Å². The molecule has 2 heterocycles. The van der Waals surface area contributed by atoms with Crippen LogP contribution in [0.1, 0.15) is 25.3 Å². The number of halogens is 1. The van der Waals surface area contributed by atoms with E-state index in [9.17, 15) is 4.79 Å². The number of carbonyl (C=O) groups is 1. The van der Waals surface area contributed by atoms with Crippen LogP contribution in [0.15, 0.2) is 30.0 Å². The van der Waals surface area contributed by atoms with Crippen molar-refractivity contribution in [1.82, 2.24) is 0 Å². The lowest BCUT2D eigenvalue weighted by molar-refractivity contribution is -0.115. The minimum Gasteiger partial charge on any atom is -0.342 e. The van der Waals surface area contributed by atoms with Crippen LogP contribution in [0.25, 0.3) is 0 Å². The summed E-state index contributed by atoms with van der Waals surface area (Å²) in [5, 5.41) is 0.789. The third-order valence-electron chi connectivity index (χ3n) is 3.60. The first-order valence-electron chi connectivity index (χ1n) is 5.94. The summed E-state index contributed by atoms with van der Waals surface area (Å²) in [4.78, 5) is 13.9. The summed E-state index contributed by atoms with van der Waals surface area (Å²) < 4.78 is 0. The van der Waals surface area contributed by atoms with Gasteiger partial charge in [0.2, 0.25) is 0 Å². The number of hydrogen-bond donors (Lipinski definition) is 0. The second-order valence-electron chi connectivity index (χ2n) is 4.79. The van der Waals surface area contributed by atoms with Gasteiger partial charge in [-0.15, -0.1) is 0 Å². The summed E-state index contributed by atoms with van der Waals surface area (Å²) in [5.74, 6) is 0.251. The number of hydrogen-bond acceptors (Lipinski definition) is 2. The van der Waals surface area contributed by atoms with E-state index in [0.29, 0.717) is 12.5 Å². The fourth-order valence-electron chi connectivity index (χ4n) is 2.90. The summed E-state index contributed by atoms with van der Waals surface area (Å²) in [6.07, 6.45) is 4.43. The van der Waals surface area contributed by atoms with E-state index in [0.717, 1.165) is 23.6 Å². The minimum absolute atomic E-state index is 0.251. The van der Waals surface area contributed by atoms with Crippen molar-refractivity contribution in [3.63, 3.8) is 0 Å². The van der Waals surface area contributed by atoms with E-state index in [4.69, 9.17) is 11.6 Å². The lowest BCUT2D eigenvalue weighted by Gasteiger charge is -2.41. The van der Waals surface area contributed by atoms with Crippen molar-refractivity contribution in [3.8, 4) is 0 Å². The Morgan fingerprint density at radius 3 is 3.06 bits per heavy atom. The first-order valence-corrected chi connectivity index (χ1v) is 6.32.